The van der Waals surface area contributed by atoms with E-state index in [4.69, 9.17) is 11.6 Å². The highest BCUT2D eigenvalue weighted by Gasteiger charge is 2.20. The lowest BCUT2D eigenvalue weighted by Gasteiger charge is -2.15. The molecule has 0 spiro atoms. The molecule has 0 saturated heterocycles. The number of nitrogens with one attached hydrogen (secondary N) is 2. The van der Waals surface area contributed by atoms with Gasteiger partial charge in [-0.05, 0) is 12.1 Å². The fourth-order valence-corrected chi connectivity index (χ4v) is 2.46. The second kappa shape index (κ2) is 8.92. The summed E-state index contributed by atoms with van der Waals surface area (Å²) in [7, 11) is 0. The average Bonchev–Trinajstić information content (AvgIpc) is 2.64. The van der Waals surface area contributed by atoms with Crippen LogP contribution in [0, 0.1) is 30.3 Å². The number of nitro groups is 3. The Balaban J connectivity index is 1.97. The molecule has 2 aromatic carbocycles. The van der Waals surface area contributed by atoms with Crippen molar-refractivity contribution < 1.29 is 19.9 Å². The van der Waals surface area contributed by atoms with Crippen LogP contribution in [0.4, 0.5) is 28.4 Å². The Hall–Kier alpha value is -3.51. The van der Waals surface area contributed by atoms with E-state index >= 15 is 0 Å². The van der Waals surface area contributed by atoms with E-state index in [1.165, 1.54) is 18.2 Å². The number of benzene rings is 2. The van der Waals surface area contributed by atoms with Crippen LogP contribution in [0.15, 0.2) is 36.4 Å². The average molecular weight is 412 g/mol. The maximum atomic E-state index is 11.1. The number of rotatable bonds is 9. The summed E-state index contributed by atoms with van der Waals surface area (Å²) in [6.07, 6.45) is -1.01. The van der Waals surface area contributed by atoms with Gasteiger partial charge in [0.2, 0.25) is 0 Å². The number of nitro benzene ring substituents is 3. The molecule has 0 aliphatic carbocycles. The Kier molecular flexibility index (Phi) is 6.63. The van der Waals surface area contributed by atoms with Crippen molar-refractivity contribution in [3.05, 3.63) is 71.8 Å². The summed E-state index contributed by atoms with van der Waals surface area (Å²) in [6.45, 7) is -0.110. The van der Waals surface area contributed by atoms with Gasteiger partial charge in [-0.1, -0.05) is 11.6 Å². The lowest BCUT2D eigenvalue weighted by Crippen LogP contribution is -2.27. The standard InChI is InChI=1S/C15H14ClN5O7/c16-12-5-9(19(23)24)1-3-13(12)17-7-11(22)8-18-14-4-2-10(20(25)26)6-15(14)21(27)28/h1-6,11,17-18,22H,7-8H2/t11-/m0/s1. The Morgan fingerprint density at radius 2 is 1.36 bits per heavy atom. The van der Waals surface area contributed by atoms with Gasteiger partial charge in [0.15, 0.2) is 0 Å². The predicted octanol–water partition coefficient (Wildman–Crippen LogP) is 2.95. The monoisotopic (exact) mass is 411 g/mol. The smallest absolute Gasteiger partial charge is 0.299 e. The van der Waals surface area contributed by atoms with Gasteiger partial charge in [-0.25, -0.2) is 0 Å². The van der Waals surface area contributed by atoms with Gasteiger partial charge in [0.25, 0.3) is 17.1 Å². The Labute approximate surface area is 162 Å². The molecule has 0 bridgehead atoms. The zero-order valence-electron chi connectivity index (χ0n) is 14.1. The summed E-state index contributed by atoms with van der Waals surface area (Å²) in [6, 6.07) is 6.92. The molecule has 0 heterocycles. The molecule has 0 amide bonds. The van der Waals surface area contributed by atoms with E-state index in [0.29, 0.717) is 5.69 Å². The minimum Gasteiger partial charge on any atom is -0.389 e. The fourth-order valence-electron chi connectivity index (χ4n) is 2.22. The topological polar surface area (TPSA) is 174 Å². The molecule has 1 atom stereocenters. The van der Waals surface area contributed by atoms with Crippen molar-refractivity contribution in [1.29, 1.82) is 0 Å². The van der Waals surface area contributed by atoms with E-state index in [9.17, 15) is 35.4 Å². The van der Waals surface area contributed by atoms with Gasteiger partial charge in [0, 0.05) is 31.3 Å². The summed E-state index contributed by atoms with van der Waals surface area (Å²) >= 11 is 5.93. The van der Waals surface area contributed by atoms with Crippen LogP contribution in [-0.2, 0) is 0 Å². The summed E-state index contributed by atoms with van der Waals surface area (Å²) in [5.74, 6) is 0. The molecule has 3 N–H and O–H groups in total. The molecule has 2 rings (SSSR count). The molecular weight excluding hydrogens is 398 g/mol. The van der Waals surface area contributed by atoms with E-state index in [1.54, 1.807) is 0 Å². The first-order valence-electron chi connectivity index (χ1n) is 7.71. The molecule has 0 fully saturated rings. The summed E-state index contributed by atoms with van der Waals surface area (Å²) < 4.78 is 0. The molecular formula is C15H14ClN5O7. The van der Waals surface area contributed by atoms with Crippen LogP contribution >= 0.6 is 11.6 Å². The molecule has 0 unspecified atom stereocenters. The summed E-state index contributed by atoms with van der Waals surface area (Å²) in [5.41, 5.74) is -0.709. The number of nitrogens with zero attached hydrogens (tertiary/aromatic N) is 3. The Bertz CT molecular complexity index is 924. The van der Waals surface area contributed by atoms with Crippen LogP contribution in [0.25, 0.3) is 0 Å². The quantitative estimate of drug-likeness (QED) is 0.413. The maximum absolute atomic E-state index is 11.1. The molecule has 0 saturated carbocycles. The van der Waals surface area contributed by atoms with Gasteiger partial charge >= 0.3 is 0 Å². The molecule has 28 heavy (non-hydrogen) atoms. The van der Waals surface area contributed by atoms with Crippen molar-refractivity contribution >= 4 is 40.0 Å². The van der Waals surface area contributed by atoms with Gasteiger partial charge < -0.3 is 15.7 Å². The maximum Gasteiger partial charge on any atom is 0.299 e. The van der Waals surface area contributed by atoms with E-state index < -0.39 is 32.2 Å². The first kappa shape index (κ1) is 20.8. The number of halogens is 1. The molecule has 148 valence electrons. The fraction of sp³-hybridized carbons (Fsp3) is 0.200. The van der Waals surface area contributed by atoms with Crippen molar-refractivity contribution in [1.82, 2.24) is 0 Å². The molecule has 13 heteroatoms. The Morgan fingerprint density at radius 1 is 0.857 bits per heavy atom. The molecule has 0 aliphatic heterocycles. The third kappa shape index (κ3) is 5.25. The van der Waals surface area contributed by atoms with Crippen LogP contribution < -0.4 is 10.6 Å². The third-order valence-corrected chi connectivity index (χ3v) is 3.92. The predicted molar refractivity (Wildman–Crippen MR) is 101 cm³/mol. The molecule has 0 radical (unpaired) electrons. The molecule has 12 nitrogen and oxygen atoms in total. The second-order valence-corrected chi connectivity index (χ2v) is 5.96. The van der Waals surface area contributed by atoms with Crippen LogP contribution in [0.3, 0.4) is 0 Å². The van der Waals surface area contributed by atoms with Crippen LogP contribution in [-0.4, -0.2) is 39.1 Å². The SMILES string of the molecule is O=[N+]([O-])c1ccc(NC[C@H](O)CNc2ccc([N+](=O)[O-])cc2[N+](=O)[O-])c(Cl)c1. The first-order chi connectivity index (χ1) is 13.2. The van der Waals surface area contributed by atoms with Gasteiger partial charge in [-0.3, -0.25) is 30.3 Å². The van der Waals surface area contributed by atoms with Gasteiger partial charge in [0.1, 0.15) is 5.69 Å². The van der Waals surface area contributed by atoms with Crippen LogP contribution in [0.5, 0.6) is 0 Å². The number of aliphatic hydroxyl groups is 1. The van der Waals surface area contributed by atoms with Crippen molar-refractivity contribution in [3.8, 4) is 0 Å². The van der Waals surface area contributed by atoms with Gasteiger partial charge in [0.05, 0.1) is 37.7 Å². The van der Waals surface area contributed by atoms with Gasteiger partial charge in [-0.15, -0.1) is 0 Å². The Morgan fingerprint density at radius 3 is 1.86 bits per heavy atom. The van der Waals surface area contributed by atoms with Crippen LogP contribution in [0.2, 0.25) is 5.02 Å². The minimum atomic E-state index is -1.01. The number of hydrogen-bond acceptors (Lipinski definition) is 9. The lowest BCUT2D eigenvalue weighted by atomic mass is 10.2. The highest BCUT2D eigenvalue weighted by atomic mass is 35.5. The highest BCUT2D eigenvalue weighted by molar-refractivity contribution is 6.33. The highest BCUT2D eigenvalue weighted by Crippen LogP contribution is 2.29. The lowest BCUT2D eigenvalue weighted by molar-refractivity contribution is -0.393. The van der Waals surface area contributed by atoms with Crippen LogP contribution in [0.1, 0.15) is 0 Å². The van der Waals surface area contributed by atoms with Crippen molar-refractivity contribution in [3.63, 3.8) is 0 Å². The van der Waals surface area contributed by atoms with E-state index in [2.05, 4.69) is 10.6 Å². The summed E-state index contributed by atoms with van der Waals surface area (Å²) in [5, 5.41) is 48.1. The third-order valence-electron chi connectivity index (χ3n) is 3.61. The normalized spacial score (nSPS) is 11.5. The number of aliphatic hydroxyl groups excluding tert-OH is 1. The van der Waals surface area contributed by atoms with E-state index in [-0.39, 0.29) is 29.5 Å². The zero-order valence-corrected chi connectivity index (χ0v) is 14.8. The minimum absolute atomic E-state index is 0.00862. The molecule has 2 aromatic rings. The van der Waals surface area contributed by atoms with Crippen molar-refractivity contribution in [2.45, 2.75) is 6.10 Å². The second-order valence-electron chi connectivity index (χ2n) is 5.55. The van der Waals surface area contributed by atoms with Crippen molar-refractivity contribution in [2.75, 3.05) is 23.7 Å². The van der Waals surface area contributed by atoms with E-state index in [0.717, 1.165) is 18.2 Å². The van der Waals surface area contributed by atoms with E-state index in [1.807, 2.05) is 0 Å². The van der Waals surface area contributed by atoms with Crippen molar-refractivity contribution in [2.24, 2.45) is 0 Å². The largest absolute Gasteiger partial charge is 0.389 e. The van der Waals surface area contributed by atoms with Gasteiger partial charge in [-0.2, -0.15) is 0 Å². The number of non-ortho nitro benzene ring substituents is 2. The zero-order chi connectivity index (χ0) is 20.8. The number of hydrogen-bond donors (Lipinski definition) is 3. The first-order valence-corrected chi connectivity index (χ1v) is 8.09. The number of anilines is 2. The molecule has 0 aromatic heterocycles. The molecule has 0 aliphatic rings. The summed E-state index contributed by atoms with van der Waals surface area (Å²) in [4.78, 5) is 30.4.